The Bertz CT molecular complexity index is 819. The van der Waals surface area contributed by atoms with Gasteiger partial charge in [0.15, 0.2) is 0 Å². The van der Waals surface area contributed by atoms with Gasteiger partial charge in [0.05, 0.1) is 5.69 Å². The van der Waals surface area contributed by atoms with Gasteiger partial charge in [-0.05, 0) is 46.0 Å². The molecule has 0 spiro atoms. The Morgan fingerprint density at radius 1 is 1.30 bits per heavy atom. The predicted octanol–water partition coefficient (Wildman–Crippen LogP) is 2.39. The van der Waals surface area contributed by atoms with E-state index in [1.807, 2.05) is 20.8 Å². The van der Waals surface area contributed by atoms with Gasteiger partial charge in [0.25, 0.3) is 0 Å². The van der Waals surface area contributed by atoms with E-state index in [1.165, 1.54) is 11.0 Å². The highest BCUT2D eigenvalue weighted by Gasteiger charge is 2.48. The third kappa shape index (κ3) is 4.36. The molecule has 9 nitrogen and oxygen atoms in total. The molecule has 0 saturated carbocycles. The lowest BCUT2D eigenvalue weighted by atomic mass is 9.71. The molecular weight excluding hydrogens is 372 g/mol. The van der Waals surface area contributed by atoms with Gasteiger partial charge < -0.3 is 15.7 Å². The molecule has 10 heteroatoms. The fourth-order valence-corrected chi connectivity index (χ4v) is 3.26. The average molecular weight is 395 g/mol. The zero-order valence-electron chi connectivity index (χ0n) is 15.7. The Kier molecular flexibility index (Phi) is 6.04. The van der Waals surface area contributed by atoms with Gasteiger partial charge in [-0.25, -0.2) is 9.48 Å². The van der Waals surface area contributed by atoms with E-state index in [2.05, 4.69) is 26.2 Å². The van der Waals surface area contributed by atoms with Gasteiger partial charge in [-0.2, -0.15) is 0 Å². The Morgan fingerprint density at radius 2 is 2.00 bits per heavy atom. The smallest absolute Gasteiger partial charge is 0.405 e. The molecule has 0 bridgehead atoms. The summed E-state index contributed by atoms with van der Waals surface area (Å²) in [5, 5.41) is 26.1. The minimum atomic E-state index is -1.29. The first kappa shape index (κ1) is 20.6. The highest BCUT2D eigenvalue weighted by molar-refractivity contribution is 6.30. The van der Waals surface area contributed by atoms with Crippen molar-refractivity contribution in [2.24, 2.45) is 5.41 Å². The van der Waals surface area contributed by atoms with Gasteiger partial charge >= 0.3 is 6.09 Å². The molecule has 0 radical (unpaired) electrons. The molecule has 0 aliphatic carbocycles. The number of hydrogen-bond donors (Lipinski definition) is 3. The van der Waals surface area contributed by atoms with Crippen molar-refractivity contribution < 1.29 is 14.7 Å². The van der Waals surface area contributed by atoms with E-state index in [9.17, 15) is 14.7 Å². The number of amides is 2. The summed E-state index contributed by atoms with van der Waals surface area (Å²) in [5.74, 6) is -0.414. The molecule has 1 unspecified atom stereocenters. The number of aromatic nitrogens is 4. The molecule has 2 aromatic rings. The summed E-state index contributed by atoms with van der Waals surface area (Å²) in [7, 11) is 0. The molecule has 1 aromatic heterocycles. The zero-order chi connectivity index (χ0) is 20.2. The Labute approximate surface area is 162 Å². The number of benzene rings is 1. The second-order valence-corrected chi connectivity index (χ2v) is 7.59. The second kappa shape index (κ2) is 7.91. The molecule has 27 heavy (non-hydrogen) atoms. The number of nitrogens with one attached hydrogen (secondary N) is 2. The minimum Gasteiger partial charge on any atom is -0.465 e. The summed E-state index contributed by atoms with van der Waals surface area (Å²) in [6, 6.07) is 5.14. The predicted molar refractivity (Wildman–Crippen MR) is 99.6 cm³/mol. The molecule has 2 rings (SSSR count). The Morgan fingerprint density at radius 3 is 2.52 bits per heavy atom. The van der Waals surface area contributed by atoms with E-state index in [0.29, 0.717) is 22.7 Å². The maximum Gasteiger partial charge on any atom is 0.405 e. The number of tetrazole rings is 1. The number of carbonyl (C=O) groups is 2. The number of halogens is 1. The van der Waals surface area contributed by atoms with Crippen LogP contribution in [0.3, 0.4) is 0 Å². The van der Waals surface area contributed by atoms with Gasteiger partial charge in [-0.1, -0.05) is 39.3 Å². The number of rotatable bonds is 6. The monoisotopic (exact) mass is 394 g/mol. The molecule has 2 amide bonds. The third-order valence-corrected chi connectivity index (χ3v) is 4.83. The van der Waals surface area contributed by atoms with Crippen LogP contribution in [0.15, 0.2) is 24.5 Å². The van der Waals surface area contributed by atoms with E-state index in [-0.39, 0.29) is 6.54 Å². The molecule has 146 valence electrons. The van der Waals surface area contributed by atoms with Crippen LogP contribution in [0.1, 0.15) is 39.7 Å². The highest BCUT2D eigenvalue weighted by atomic mass is 35.5. The van der Waals surface area contributed by atoms with Crippen LogP contribution in [0.2, 0.25) is 5.02 Å². The largest absolute Gasteiger partial charge is 0.465 e. The summed E-state index contributed by atoms with van der Waals surface area (Å²) >= 11 is 6.09. The molecular formula is C17H23ClN6O3. The normalized spacial score (nSPS) is 13.7. The fourth-order valence-electron chi connectivity index (χ4n) is 3.06. The maximum atomic E-state index is 13.0. The molecule has 3 N–H and O–H groups in total. The number of hydrogen-bond acceptors (Lipinski definition) is 5. The van der Waals surface area contributed by atoms with Crippen LogP contribution < -0.4 is 10.6 Å². The lowest BCUT2D eigenvalue weighted by Crippen LogP contribution is -2.65. The third-order valence-electron chi connectivity index (χ3n) is 4.60. The van der Waals surface area contributed by atoms with Crippen molar-refractivity contribution in [3.8, 4) is 5.69 Å². The number of nitrogens with zero attached hydrogens (tertiary/aromatic N) is 4. The zero-order valence-corrected chi connectivity index (χ0v) is 16.4. The van der Waals surface area contributed by atoms with Crippen molar-refractivity contribution in [2.75, 3.05) is 0 Å². The summed E-state index contributed by atoms with van der Waals surface area (Å²) in [4.78, 5) is 24.3. The van der Waals surface area contributed by atoms with Crippen molar-refractivity contribution in [2.45, 2.75) is 46.2 Å². The first-order valence-electron chi connectivity index (χ1n) is 8.42. The van der Waals surface area contributed by atoms with Crippen molar-refractivity contribution in [3.63, 3.8) is 0 Å². The first-order valence-corrected chi connectivity index (χ1v) is 8.79. The average Bonchev–Trinajstić information content (AvgIpc) is 3.10. The summed E-state index contributed by atoms with van der Waals surface area (Å²) in [5.41, 5.74) is -0.574. The van der Waals surface area contributed by atoms with E-state index in [0.717, 1.165) is 0 Å². The van der Waals surface area contributed by atoms with Crippen LogP contribution >= 0.6 is 11.6 Å². The standard InChI is InChI=1S/C17H23ClN6O3/c1-5-17(16(2,3)4,21-15(26)27)14(25)19-9-11-8-12(18)6-7-13(11)24-10-20-22-23-24/h6-8,10,21H,5,9H2,1-4H3,(H,19,25)(H,26,27). The molecule has 0 saturated heterocycles. The molecule has 1 heterocycles. The van der Waals surface area contributed by atoms with Gasteiger partial charge in [-0.15, -0.1) is 5.10 Å². The van der Waals surface area contributed by atoms with E-state index < -0.39 is 23.0 Å². The van der Waals surface area contributed by atoms with Crippen LogP contribution in [-0.2, 0) is 11.3 Å². The SMILES string of the molecule is CCC(NC(=O)O)(C(=O)NCc1cc(Cl)ccc1-n1cnnn1)C(C)(C)C. The van der Waals surface area contributed by atoms with Crippen molar-refractivity contribution in [1.82, 2.24) is 30.8 Å². The maximum absolute atomic E-state index is 13.0. The van der Waals surface area contributed by atoms with Crippen molar-refractivity contribution in [3.05, 3.63) is 35.1 Å². The van der Waals surface area contributed by atoms with Gasteiger partial charge in [0, 0.05) is 11.6 Å². The van der Waals surface area contributed by atoms with Gasteiger partial charge in [-0.3, -0.25) is 4.79 Å². The summed E-state index contributed by atoms with van der Waals surface area (Å²) in [6.07, 6.45) is 0.481. The molecule has 1 aromatic carbocycles. The number of carboxylic acid groups (broad SMARTS) is 1. The van der Waals surface area contributed by atoms with Crippen LogP contribution in [0.4, 0.5) is 4.79 Å². The molecule has 1 atom stereocenters. The van der Waals surface area contributed by atoms with E-state index >= 15 is 0 Å². The minimum absolute atomic E-state index is 0.133. The van der Waals surface area contributed by atoms with Crippen molar-refractivity contribution in [1.29, 1.82) is 0 Å². The molecule has 0 aliphatic heterocycles. The van der Waals surface area contributed by atoms with E-state index in [4.69, 9.17) is 11.6 Å². The lowest BCUT2D eigenvalue weighted by molar-refractivity contribution is -0.132. The van der Waals surface area contributed by atoms with E-state index in [1.54, 1.807) is 25.1 Å². The summed E-state index contributed by atoms with van der Waals surface area (Å²) < 4.78 is 1.46. The van der Waals surface area contributed by atoms with Crippen LogP contribution in [0, 0.1) is 5.41 Å². The van der Waals surface area contributed by atoms with Gasteiger partial charge in [0.2, 0.25) is 5.91 Å². The first-order chi connectivity index (χ1) is 12.6. The summed E-state index contributed by atoms with van der Waals surface area (Å²) in [6.45, 7) is 7.36. The topological polar surface area (TPSA) is 122 Å². The fraction of sp³-hybridized carbons (Fsp3) is 0.471. The second-order valence-electron chi connectivity index (χ2n) is 7.15. The quantitative estimate of drug-likeness (QED) is 0.691. The van der Waals surface area contributed by atoms with Crippen LogP contribution in [-0.4, -0.2) is 42.9 Å². The molecule has 0 fully saturated rings. The van der Waals surface area contributed by atoms with Crippen molar-refractivity contribution >= 4 is 23.6 Å². The molecule has 0 aliphatic rings. The lowest BCUT2D eigenvalue weighted by Gasteiger charge is -2.42. The van der Waals surface area contributed by atoms with Crippen LogP contribution in [0.25, 0.3) is 5.69 Å². The Hall–Kier alpha value is -2.68. The highest BCUT2D eigenvalue weighted by Crippen LogP contribution is 2.34. The Balaban J connectivity index is 2.30. The van der Waals surface area contributed by atoms with Crippen LogP contribution in [0.5, 0.6) is 0 Å². The van der Waals surface area contributed by atoms with Gasteiger partial charge in [0.1, 0.15) is 11.9 Å². The number of carbonyl (C=O) groups excluding carboxylic acids is 1.